The number of aliphatic imine (C=N–C) groups is 2. The number of aromatic nitrogens is 2. The molecule has 7 nitrogen and oxygen atoms in total. The van der Waals surface area contributed by atoms with E-state index in [0.717, 1.165) is 49.2 Å². The lowest BCUT2D eigenvalue weighted by Crippen LogP contribution is -2.34. The van der Waals surface area contributed by atoms with Crippen LogP contribution in [-0.4, -0.2) is 38.0 Å². The van der Waals surface area contributed by atoms with Gasteiger partial charge in [-0.15, -0.1) is 0 Å². The highest BCUT2D eigenvalue weighted by molar-refractivity contribution is 14.1. The molecule has 1 atom stereocenters. The summed E-state index contributed by atoms with van der Waals surface area (Å²) in [5.74, 6) is -0.218. The van der Waals surface area contributed by atoms with Crippen LogP contribution in [0.25, 0.3) is 18.2 Å². The monoisotopic (exact) mass is 637 g/mol. The number of aromatic amines is 2. The number of carbonyl (C=O) groups is 1. The number of esters is 1. The minimum atomic E-state index is -0.716. The van der Waals surface area contributed by atoms with E-state index in [1.165, 1.54) is 29.4 Å². The summed E-state index contributed by atoms with van der Waals surface area (Å²) in [4.78, 5) is 28.2. The Labute approximate surface area is 243 Å². The van der Waals surface area contributed by atoms with Crippen LogP contribution >= 0.6 is 22.6 Å². The Bertz CT molecular complexity index is 1640. The second kappa shape index (κ2) is 10.8. The largest absolute Gasteiger partial charge is 0.469 e. The molecule has 2 aliphatic rings. The zero-order valence-corrected chi connectivity index (χ0v) is 26.1. The molecule has 2 aromatic heterocycles. The fourth-order valence-corrected chi connectivity index (χ4v) is 5.62. The summed E-state index contributed by atoms with van der Waals surface area (Å²) >= 11 is 2.22. The zero-order valence-electron chi connectivity index (χ0n) is 24.0. The third kappa shape index (κ3) is 5.60. The minimum absolute atomic E-state index is 0.208. The Morgan fingerprint density at radius 2 is 1.67 bits per heavy atom. The Kier molecular flexibility index (Phi) is 7.95. The molecule has 0 radical (unpaired) electrons. The van der Waals surface area contributed by atoms with Gasteiger partial charge in [0.1, 0.15) is 9.26 Å². The summed E-state index contributed by atoms with van der Waals surface area (Å²) in [6.45, 7) is 14.6. The molecule has 0 saturated heterocycles. The number of rotatable bonds is 6. The molecule has 0 aliphatic carbocycles. The smallest absolute Gasteiger partial charge is 0.305 e. The van der Waals surface area contributed by atoms with E-state index in [0.29, 0.717) is 12.8 Å². The van der Waals surface area contributed by atoms with Crippen molar-refractivity contribution >= 4 is 56.2 Å². The maximum atomic E-state index is 11.5. The molecule has 0 spiro atoms. The van der Waals surface area contributed by atoms with Crippen LogP contribution in [0.15, 0.2) is 27.3 Å². The number of hydrogen-bond acceptors (Lipinski definition) is 5. The van der Waals surface area contributed by atoms with E-state index in [1.54, 1.807) is 0 Å². The number of H-pyrrole nitrogens is 2. The average Bonchev–Trinajstić information content (AvgIpc) is 3.53. The first-order valence-electron chi connectivity index (χ1n) is 13.1. The summed E-state index contributed by atoms with van der Waals surface area (Å²) in [6.07, 6.45) is 10.1. The van der Waals surface area contributed by atoms with E-state index in [2.05, 4.69) is 103 Å². The van der Waals surface area contributed by atoms with Gasteiger partial charge in [0.2, 0.25) is 0 Å². The third-order valence-electron chi connectivity index (χ3n) is 8.34. The molecule has 2 aliphatic heterocycles. The number of halogens is 1. The van der Waals surface area contributed by atoms with Gasteiger partial charge in [-0.25, -0.2) is 4.99 Å². The van der Waals surface area contributed by atoms with E-state index in [-0.39, 0.29) is 11.4 Å². The average molecular weight is 638 g/mol. The standard InChI is InChI=1S/C31H36IN5O2/c1-17-19(3)26(35-24(17)12-22-11-21(29(32)34-22)9-10-28(38)39-8)14-27-20(4)18(2)25(36-27)13-23-15-30(5,6)31(7,16-33)37-23/h11-14,35-36H,9-10,15H2,1-8H3/b22-12-,25-13-,27-14-. The summed E-state index contributed by atoms with van der Waals surface area (Å²) in [6, 6.07) is 2.40. The molecule has 8 heteroatoms. The number of methoxy groups -OCH3 is 1. The fraction of sp³-hybridized carbons (Fsp3) is 0.419. The van der Waals surface area contributed by atoms with Crippen molar-refractivity contribution < 1.29 is 9.53 Å². The molecule has 204 valence electrons. The van der Waals surface area contributed by atoms with Crippen LogP contribution in [-0.2, 0) is 9.53 Å². The SMILES string of the molecule is COC(=O)CCC1=C/C(=C/c2[nH]c(/C=c3\[nH]/c(=C\C4=NC(C)(C#N)C(C)(C)C4)c(C)c3C)c(C)c2C)N=C1I. The Morgan fingerprint density at radius 3 is 2.26 bits per heavy atom. The number of carbonyl (C=O) groups excluding carboxylic acids is 1. The molecular formula is C31H36IN5O2. The van der Waals surface area contributed by atoms with Crippen molar-refractivity contribution in [2.24, 2.45) is 15.4 Å². The van der Waals surface area contributed by atoms with Gasteiger partial charge in [0, 0.05) is 39.6 Å². The molecule has 2 aromatic rings. The molecule has 2 N–H and O–H groups in total. The molecule has 4 rings (SSSR count). The van der Waals surface area contributed by atoms with E-state index >= 15 is 0 Å². The summed E-state index contributed by atoms with van der Waals surface area (Å²) in [5, 5.41) is 11.8. The second-order valence-corrected chi connectivity index (χ2v) is 12.3. The van der Waals surface area contributed by atoms with Crippen LogP contribution in [0.5, 0.6) is 0 Å². The summed E-state index contributed by atoms with van der Waals surface area (Å²) < 4.78 is 5.67. The maximum Gasteiger partial charge on any atom is 0.305 e. The molecule has 0 aromatic carbocycles. The normalized spacial score (nSPS) is 22.3. The first kappa shape index (κ1) is 28.8. The predicted octanol–water partition coefficient (Wildman–Crippen LogP) is 5.41. The molecule has 0 saturated carbocycles. The van der Waals surface area contributed by atoms with Crippen molar-refractivity contribution in [3.63, 3.8) is 0 Å². The van der Waals surface area contributed by atoms with Crippen LogP contribution in [0.1, 0.15) is 73.7 Å². The Morgan fingerprint density at radius 1 is 1.05 bits per heavy atom. The van der Waals surface area contributed by atoms with E-state index < -0.39 is 5.54 Å². The predicted molar refractivity (Wildman–Crippen MR) is 166 cm³/mol. The number of allylic oxidation sites excluding steroid dienone is 2. The van der Waals surface area contributed by atoms with Gasteiger partial charge < -0.3 is 14.7 Å². The molecule has 39 heavy (non-hydrogen) atoms. The van der Waals surface area contributed by atoms with Crippen LogP contribution in [0.3, 0.4) is 0 Å². The van der Waals surface area contributed by atoms with Gasteiger partial charge in [0.05, 0.1) is 18.9 Å². The minimum Gasteiger partial charge on any atom is -0.469 e. The highest BCUT2D eigenvalue weighted by Gasteiger charge is 2.46. The highest BCUT2D eigenvalue weighted by atomic mass is 127. The fourth-order valence-electron chi connectivity index (χ4n) is 4.92. The van der Waals surface area contributed by atoms with Crippen LogP contribution < -0.4 is 10.7 Å². The summed E-state index contributed by atoms with van der Waals surface area (Å²) in [5.41, 5.74) is 8.70. The summed E-state index contributed by atoms with van der Waals surface area (Å²) in [7, 11) is 1.41. The lowest BCUT2D eigenvalue weighted by Gasteiger charge is -2.29. The molecule has 4 heterocycles. The van der Waals surface area contributed by atoms with Crippen LogP contribution in [0, 0.1) is 44.4 Å². The Hall–Kier alpha value is -3.19. The lowest BCUT2D eigenvalue weighted by molar-refractivity contribution is -0.140. The van der Waals surface area contributed by atoms with Crippen molar-refractivity contribution in [1.29, 1.82) is 5.26 Å². The highest BCUT2D eigenvalue weighted by Crippen LogP contribution is 2.42. The molecular weight excluding hydrogens is 601 g/mol. The van der Waals surface area contributed by atoms with E-state index in [1.807, 2.05) is 13.0 Å². The van der Waals surface area contributed by atoms with E-state index in [4.69, 9.17) is 9.73 Å². The van der Waals surface area contributed by atoms with Crippen molar-refractivity contribution in [2.75, 3.05) is 7.11 Å². The van der Waals surface area contributed by atoms with Gasteiger partial charge in [-0.05, 0) is 122 Å². The quantitative estimate of drug-likeness (QED) is 0.327. The first-order chi connectivity index (χ1) is 18.3. The zero-order chi connectivity index (χ0) is 28.7. The molecule has 0 amide bonds. The van der Waals surface area contributed by atoms with Gasteiger partial charge >= 0.3 is 5.97 Å². The maximum absolute atomic E-state index is 11.5. The van der Waals surface area contributed by atoms with Crippen molar-refractivity contribution in [2.45, 2.75) is 73.3 Å². The topological polar surface area (TPSA) is 106 Å². The number of nitrogens with zero attached hydrogens (tertiary/aromatic N) is 3. The second-order valence-electron chi connectivity index (χ2n) is 11.3. The van der Waals surface area contributed by atoms with Crippen molar-refractivity contribution in [3.05, 3.63) is 61.7 Å². The van der Waals surface area contributed by atoms with Gasteiger partial charge in [0.25, 0.3) is 0 Å². The van der Waals surface area contributed by atoms with Crippen molar-refractivity contribution in [3.8, 4) is 6.07 Å². The molecule has 0 bridgehead atoms. The Balaban J connectivity index is 1.67. The number of nitriles is 1. The molecule has 1 unspecified atom stereocenters. The van der Waals surface area contributed by atoms with Gasteiger partial charge in [-0.2, -0.15) is 5.26 Å². The third-order valence-corrected chi connectivity index (χ3v) is 9.27. The van der Waals surface area contributed by atoms with Crippen LogP contribution in [0.4, 0.5) is 0 Å². The van der Waals surface area contributed by atoms with Gasteiger partial charge in [-0.3, -0.25) is 9.79 Å². The van der Waals surface area contributed by atoms with E-state index in [9.17, 15) is 10.1 Å². The number of ether oxygens (including phenoxy) is 1. The van der Waals surface area contributed by atoms with Gasteiger partial charge in [-0.1, -0.05) is 13.8 Å². The number of nitrogens with one attached hydrogen (secondary N) is 2. The van der Waals surface area contributed by atoms with Crippen molar-refractivity contribution in [1.82, 2.24) is 9.97 Å². The van der Waals surface area contributed by atoms with Gasteiger partial charge in [0.15, 0.2) is 0 Å². The lowest BCUT2D eigenvalue weighted by atomic mass is 9.74. The molecule has 0 fully saturated rings. The number of hydrogen-bond donors (Lipinski definition) is 2. The first-order valence-corrected chi connectivity index (χ1v) is 14.2. The van der Waals surface area contributed by atoms with Crippen LogP contribution in [0.2, 0.25) is 0 Å².